The number of hydrogen-bond donors (Lipinski definition) is 11. The number of guanidine groups is 1. The van der Waals surface area contributed by atoms with Gasteiger partial charge < -0.3 is 96.0 Å². The van der Waals surface area contributed by atoms with Crippen LogP contribution in [-0.2, 0) is 87.5 Å². The van der Waals surface area contributed by atoms with E-state index >= 15 is 14.4 Å². The lowest BCUT2D eigenvalue weighted by Gasteiger charge is -2.67. The van der Waals surface area contributed by atoms with Gasteiger partial charge in [-0.25, -0.2) is 19.2 Å². The van der Waals surface area contributed by atoms with E-state index in [0.29, 0.717) is 18.4 Å². The highest BCUT2D eigenvalue weighted by molar-refractivity contribution is 8.76. The zero-order valence-electron chi connectivity index (χ0n) is 63.6. The van der Waals surface area contributed by atoms with Gasteiger partial charge in [-0.2, -0.15) is 0 Å². The van der Waals surface area contributed by atoms with Crippen LogP contribution in [0.3, 0.4) is 0 Å². The van der Waals surface area contributed by atoms with Crippen molar-refractivity contribution in [1.82, 2.24) is 42.1 Å². The second-order valence-electron chi connectivity index (χ2n) is 29.6. The van der Waals surface area contributed by atoms with Crippen molar-refractivity contribution in [1.29, 1.82) is 5.41 Å². The Morgan fingerprint density at radius 2 is 1.43 bits per heavy atom. The van der Waals surface area contributed by atoms with Gasteiger partial charge in [-0.05, 0) is 88.3 Å². The molecule has 34 heteroatoms. The summed E-state index contributed by atoms with van der Waals surface area (Å²) in [6.45, 7) is 13.3. The summed E-state index contributed by atoms with van der Waals surface area (Å²) in [7, 11) is 4.90. The van der Waals surface area contributed by atoms with Crippen molar-refractivity contribution in [3.63, 3.8) is 0 Å². The van der Waals surface area contributed by atoms with Gasteiger partial charge in [0, 0.05) is 77.0 Å². The third kappa shape index (κ3) is 20.4. The summed E-state index contributed by atoms with van der Waals surface area (Å²) >= 11 is 0. The maximum Gasteiger partial charge on any atom is 0.410 e. The molecule has 110 heavy (non-hydrogen) atoms. The number of carbonyl (C=O) groups excluding carboxylic acids is 11. The number of fused-ring (bicyclic) bond motifs is 5. The van der Waals surface area contributed by atoms with Crippen molar-refractivity contribution in [2.45, 2.75) is 197 Å². The Kier molecular flexibility index (Phi) is 29.5. The first kappa shape index (κ1) is 86.2. The molecule has 0 radical (unpaired) electrons. The number of nitrogens with two attached hydrogens (primary N) is 1. The minimum Gasteiger partial charge on any atom is -0.481 e. The number of carboxylic acid groups (broad SMARTS) is 1. The highest BCUT2D eigenvalue weighted by Crippen LogP contribution is 2.65. The summed E-state index contributed by atoms with van der Waals surface area (Å²) in [5.74, 6) is -11.7. The van der Waals surface area contributed by atoms with E-state index in [1.165, 1.54) is 38.2 Å². The molecule has 32 nitrogen and oxygen atoms in total. The number of rotatable bonds is 28. The van der Waals surface area contributed by atoms with E-state index in [4.69, 9.17) is 49.0 Å². The zero-order chi connectivity index (χ0) is 80.6. The molecule has 2 aliphatic heterocycles. The van der Waals surface area contributed by atoms with Crippen molar-refractivity contribution in [3.8, 4) is 0 Å². The van der Waals surface area contributed by atoms with Crippen LogP contribution in [0.5, 0.6) is 0 Å². The number of unbranched alkanes of at least 4 members (excludes halogenated alkanes) is 1. The van der Waals surface area contributed by atoms with Crippen LogP contribution in [0.15, 0.2) is 102 Å². The molecule has 5 aliphatic rings. The molecular formula is C76H102N10O22S2. The maximum atomic E-state index is 16.2. The van der Waals surface area contributed by atoms with Crippen molar-refractivity contribution in [2.24, 2.45) is 22.5 Å². The van der Waals surface area contributed by atoms with Gasteiger partial charge in [-0.1, -0.05) is 128 Å². The van der Waals surface area contributed by atoms with Crippen LogP contribution in [0, 0.1) is 22.2 Å². The number of ether oxygens (including phenoxy) is 8. The molecule has 600 valence electrons. The number of nitrogens with one attached hydrogen (secondary N) is 8. The second-order valence-corrected chi connectivity index (χ2v) is 32.2. The predicted molar refractivity (Wildman–Crippen MR) is 401 cm³/mol. The number of methoxy groups -OCH3 is 2. The van der Waals surface area contributed by atoms with E-state index in [-0.39, 0.29) is 91.7 Å². The summed E-state index contributed by atoms with van der Waals surface area (Å²) in [5, 5.41) is 49.7. The molecule has 3 aromatic rings. The molecule has 2 saturated heterocycles. The second kappa shape index (κ2) is 37.6. The first-order valence-corrected chi connectivity index (χ1v) is 38.9. The van der Waals surface area contributed by atoms with Crippen LogP contribution < -0.4 is 43.0 Å². The molecule has 3 aromatic carbocycles. The van der Waals surface area contributed by atoms with Gasteiger partial charge in [0.25, 0.3) is 0 Å². The summed E-state index contributed by atoms with van der Waals surface area (Å²) in [6, 6.07) is 16.8. The quantitative estimate of drug-likeness (QED) is 0.00920. The molecule has 7 amide bonds. The van der Waals surface area contributed by atoms with E-state index in [2.05, 4.69) is 37.2 Å². The average Bonchev–Trinajstić information content (AvgIpc) is 0.668. The summed E-state index contributed by atoms with van der Waals surface area (Å²) in [5.41, 5.74) is -2.07. The molecule has 2 saturated carbocycles. The van der Waals surface area contributed by atoms with Gasteiger partial charge in [-0.3, -0.25) is 43.8 Å². The van der Waals surface area contributed by atoms with Gasteiger partial charge in [0.2, 0.25) is 35.6 Å². The number of amides is 7. The van der Waals surface area contributed by atoms with Crippen LogP contribution >= 0.6 is 21.6 Å². The minimum atomic E-state index is -2.43. The monoisotopic (exact) mass is 1570 g/mol. The Bertz CT molecular complexity index is 3890. The minimum absolute atomic E-state index is 0.0237. The number of alkyl carbamates (subject to hydrolysis) is 1. The number of carboxylic acids is 1. The molecule has 0 aromatic heterocycles. The molecular weight excluding hydrogens is 1470 g/mol. The predicted octanol–water partition coefficient (Wildman–Crippen LogP) is 4.25. The average molecular weight is 1570 g/mol. The highest BCUT2D eigenvalue weighted by atomic mass is 33.1. The first-order chi connectivity index (χ1) is 52.0. The van der Waals surface area contributed by atoms with E-state index in [1.807, 2.05) is 6.92 Å². The van der Waals surface area contributed by atoms with Crippen molar-refractivity contribution >= 4 is 98.9 Å². The maximum absolute atomic E-state index is 16.2. The normalized spacial score (nSPS) is 27.4. The summed E-state index contributed by atoms with van der Waals surface area (Å²) < 4.78 is 50.3. The topological polar surface area (TPSA) is 456 Å². The number of hydrogen-bond acceptors (Lipinski definition) is 24. The molecule has 3 aliphatic carbocycles. The van der Waals surface area contributed by atoms with Crippen LogP contribution in [0.4, 0.5) is 9.59 Å². The molecule has 12 N–H and O–H groups in total. The SMILES string of the molecule is CCCCN(CCSSC[C@@H]1NC(=O)[C@@H](Cc2ccccc2)NC(=O)[C@H](CC(=O)O)NC(=O)CNC(=O)[C@H](CCCNC(=N)N)NC1=O)C(=O)O[C@@H](C(=O)OC1C[C@@]2(O)[C@@H](OC(=O)c3ccccc3)[C@@H]3[C@]4(OC(C)=O)CO[C@@H]4C[C@H](OC)[C@@]3(C)C(=O)[C@H](OC)C(=C1C)C2(C)C)[C@@H](NC(=O)OC(C)(C)C)c1ccccc1. The lowest BCUT2D eigenvalue weighted by Crippen LogP contribution is -2.82. The number of nitrogens with zero attached hydrogens (tertiary/aromatic N) is 1. The third-order valence-corrected chi connectivity index (χ3v) is 23.1. The lowest BCUT2D eigenvalue weighted by molar-refractivity contribution is -0.347. The standard InChI is InChI=1S/C76H102N10O22S2/c1-12-13-32-86(33-34-109-110-40-50-66(95)82-47(30-23-31-79-69(77)78)63(92)80-39-54(88)81-49(36-55(89)90)65(94)83-48(64(93)84-50)35-44-24-17-14-18-25-44)71(99)105-59(57(45-26-19-15-20-27-45)85-70(98)108-72(4,5)6)68(97)104-51-38-76(100)62(106-67(96)46-28-21-16-22-29-46)60-74(9,61(91)58(102-11)56(42(51)2)73(76,7)8)52(101-10)37-53-75(60,41-103-53)107-43(3)87/h14-22,24-29,47-53,57-60,62,100H,12-13,23,30-41H2,1-11H3,(H,80,92)(H,81,88)(H,82,95)(H,83,94)(H,84,93)(H,85,98)(H,89,90)(H4,77,78,79)/t47-,48+,49-,50-,51?,52-,53+,57-,58+,59+,60-,62-,74+,75-,76+/m0/s1. The van der Waals surface area contributed by atoms with Crippen LogP contribution in [0.2, 0.25) is 0 Å². The Labute approximate surface area is 646 Å². The van der Waals surface area contributed by atoms with Crippen molar-refractivity contribution in [2.75, 3.05) is 58.5 Å². The van der Waals surface area contributed by atoms with E-state index in [0.717, 1.165) is 21.6 Å². The van der Waals surface area contributed by atoms with Crippen molar-refractivity contribution in [3.05, 3.63) is 119 Å². The van der Waals surface area contributed by atoms with Crippen LogP contribution in [0.25, 0.3) is 0 Å². The fourth-order valence-electron chi connectivity index (χ4n) is 15.1. The number of benzene rings is 3. The van der Waals surface area contributed by atoms with Crippen LogP contribution in [0.1, 0.15) is 135 Å². The number of aliphatic carboxylic acids is 1. The fraction of sp³-hybridized carbons (Fsp3) is 0.566. The van der Waals surface area contributed by atoms with Gasteiger partial charge in [0.15, 0.2) is 17.3 Å². The number of ketones is 1. The molecule has 0 spiro atoms. The Hall–Kier alpha value is -9.35. The fourth-order valence-corrected chi connectivity index (χ4v) is 17.3. The van der Waals surface area contributed by atoms with E-state index in [9.17, 15) is 53.4 Å². The molecule has 4 fully saturated rings. The molecule has 2 heterocycles. The molecule has 1 unspecified atom stereocenters. The largest absolute Gasteiger partial charge is 0.481 e. The number of esters is 3. The van der Waals surface area contributed by atoms with Crippen molar-refractivity contribution < 1.29 is 106 Å². The number of Topliss-reactive ketones (excluding diaryl/α,β-unsaturated/α-hetero) is 1. The van der Waals surface area contributed by atoms with E-state index < -0.39 is 191 Å². The number of carbonyl (C=O) groups is 12. The first-order valence-electron chi connectivity index (χ1n) is 36.4. The lowest BCUT2D eigenvalue weighted by atomic mass is 9.44. The van der Waals surface area contributed by atoms with Gasteiger partial charge in [0.05, 0.1) is 42.6 Å². The Morgan fingerprint density at radius 3 is 2.03 bits per heavy atom. The molecule has 15 atom stereocenters. The highest BCUT2D eigenvalue weighted by Gasteiger charge is 2.78. The smallest absolute Gasteiger partial charge is 0.410 e. The summed E-state index contributed by atoms with van der Waals surface area (Å²) in [6.07, 6.45) is -11.8. The summed E-state index contributed by atoms with van der Waals surface area (Å²) in [4.78, 5) is 173. The third-order valence-electron chi connectivity index (χ3n) is 20.7. The zero-order valence-corrected chi connectivity index (χ0v) is 65.2. The van der Waals surface area contributed by atoms with Gasteiger partial charge in [0.1, 0.15) is 65.8 Å². The number of aliphatic hydroxyl groups is 1. The van der Waals surface area contributed by atoms with Crippen LogP contribution in [-0.4, -0.2) is 229 Å². The van der Waals surface area contributed by atoms with E-state index in [1.54, 1.807) is 127 Å². The van der Waals surface area contributed by atoms with Gasteiger partial charge >= 0.3 is 36.1 Å². The molecule has 8 rings (SSSR count). The van der Waals surface area contributed by atoms with Gasteiger partial charge in [-0.15, -0.1) is 0 Å². The Balaban J connectivity index is 1.14. The Morgan fingerprint density at radius 1 is 0.800 bits per heavy atom. The molecule has 2 bridgehead atoms.